The zero-order valence-electron chi connectivity index (χ0n) is 15.5. The fourth-order valence-corrected chi connectivity index (χ4v) is 3.07. The van der Waals surface area contributed by atoms with Gasteiger partial charge in [0.05, 0.1) is 19.8 Å². The number of unbranched alkanes of at least 4 members (excludes halogenated alkanes) is 13. The molecule has 3 nitrogen and oxygen atoms in total. The Labute approximate surface area is 144 Å². The second-order valence-electron chi connectivity index (χ2n) is 6.84. The van der Waals surface area contributed by atoms with E-state index in [-0.39, 0.29) is 6.29 Å². The molecule has 0 spiro atoms. The average molecular weight is 329 g/mol. The smallest absolute Gasteiger partial charge is 0.180 e. The lowest BCUT2D eigenvalue weighted by Crippen LogP contribution is -2.31. The molecule has 0 saturated carbocycles. The number of hydrogen-bond acceptors (Lipinski definition) is 3. The molecule has 1 aliphatic rings. The third kappa shape index (κ3) is 14.0. The van der Waals surface area contributed by atoms with Crippen molar-refractivity contribution in [2.45, 2.75) is 103 Å². The molecule has 1 unspecified atom stereocenters. The van der Waals surface area contributed by atoms with Crippen LogP contribution >= 0.6 is 0 Å². The lowest BCUT2D eigenvalue weighted by atomic mass is 10.0. The minimum absolute atomic E-state index is 0.120. The Balaban J connectivity index is 1.67. The minimum Gasteiger partial charge on any atom is -0.374 e. The maximum Gasteiger partial charge on any atom is 0.180 e. The predicted octanol–water partition coefficient (Wildman–Crippen LogP) is 5.86. The SMILES string of the molecule is CCCCCCCCCCCCCCCCOC1COCCO1. The molecule has 1 atom stereocenters. The van der Waals surface area contributed by atoms with Crippen molar-refractivity contribution in [2.24, 2.45) is 0 Å². The van der Waals surface area contributed by atoms with Crippen molar-refractivity contribution in [3.63, 3.8) is 0 Å². The van der Waals surface area contributed by atoms with Gasteiger partial charge in [0.2, 0.25) is 0 Å². The lowest BCUT2D eigenvalue weighted by molar-refractivity contribution is -0.211. The Bertz CT molecular complexity index is 227. The van der Waals surface area contributed by atoms with E-state index >= 15 is 0 Å². The Hall–Kier alpha value is -0.120. The van der Waals surface area contributed by atoms with Gasteiger partial charge in [0.1, 0.15) is 0 Å². The summed E-state index contributed by atoms with van der Waals surface area (Å²) >= 11 is 0. The second-order valence-corrected chi connectivity index (χ2v) is 6.84. The molecule has 1 saturated heterocycles. The quantitative estimate of drug-likeness (QED) is 0.332. The van der Waals surface area contributed by atoms with Crippen LogP contribution < -0.4 is 0 Å². The van der Waals surface area contributed by atoms with Gasteiger partial charge < -0.3 is 14.2 Å². The van der Waals surface area contributed by atoms with Crippen LogP contribution in [0.1, 0.15) is 96.8 Å². The van der Waals surface area contributed by atoms with Gasteiger partial charge in [-0.05, 0) is 6.42 Å². The van der Waals surface area contributed by atoms with Gasteiger partial charge in [-0.3, -0.25) is 0 Å². The molecule has 1 heterocycles. The van der Waals surface area contributed by atoms with Crippen molar-refractivity contribution in [1.29, 1.82) is 0 Å². The molecule has 0 aromatic rings. The Kier molecular flexibility index (Phi) is 15.2. The van der Waals surface area contributed by atoms with Gasteiger partial charge >= 0.3 is 0 Å². The van der Waals surface area contributed by atoms with Gasteiger partial charge in [0, 0.05) is 6.61 Å². The van der Waals surface area contributed by atoms with E-state index in [2.05, 4.69) is 6.92 Å². The summed E-state index contributed by atoms with van der Waals surface area (Å²) in [6.45, 7) is 5.07. The molecule has 0 N–H and O–H groups in total. The highest BCUT2D eigenvalue weighted by Crippen LogP contribution is 2.13. The summed E-state index contributed by atoms with van der Waals surface area (Å²) in [4.78, 5) is 0. The zero-order valence-corrected chi connectivity index (χ0v) is 15.5. The average Bonchev–Trinajstić information content (AvgIpc) is 2.59. The number of hydrogen-bond donors (Lipinski definition) is 0. The maximum atomic E-state index is 5.64. The van der Waals surface area contributed by atoms with Gasteiger partial charge in [-0.25, -0.2) is 0 Å². The van der Waals surface area contributed by atoms with Crippen molar-refractivity contribution >= 4 is 0 Å². The van der Waals surface area contributed by atoms with Gasteiger partial charge in [0.15, 0.2) is 6.29 Å². The molecule has 1 fully saturated rings. The van der Waals surface area contributed by atoms with Crippen LogP contribution in [0.4, 0.5) is 0 Å². The van der Waals surface area contributed by atoms with Crippen LogP contribution in [0.15, 0.2) is 0 Å². The Morgan fingerprint density at radius 2 is 1.22 bits per heavy atom. The second kappa shape index (κ2) is 16.7. The van der Waals surface area contributed by atoms with Gasteiger partial charge in [-0.1, -0.05) is 90.4 Å². The van der Waals surface area contributed by atoms with Crippen LogP contribution in [0.3, 0.4) is 0 Å². The first-order valence-corrected chi connectivity index (χ1v) is 10.2. The van der Waals surface area contributed by atoms with Crippen molar-refractivity contribution < 1.29 is 14.2 Å². The zero-order chi connectivity index (χ0) is 16.4. The summed E-state index contributed by atoms with van der Waals surface area (Å²) in [7, 11) is 0. The van der Waals surface area contributed by atoms with Crippen LogP contribution in [0.5, 0.6) is 0 Å². The predicted molar refractivity (Wildman–Crippen MR) is 96.8 cm³/mol. The highest BCUT2D eigenvalue weighted by Gasteiger charge is 2.13. The maximum absolute atomic E-state index is 5.64. The van der Waals surface area contributed by atoms with E-state index in [1.807, 2.05) is 0 Å². The normalized spacial score (nSPS) is 18.4. The van der Waals surface area contributed by atoms with Crippen LogP contribution in [0.2, 0.25) is 0 Å². The molecule has 23 heavy (non-hydrogen) atoms. The molecule has 1 rings (SSSR count). The molecule has 138 valence electrons. The van der Waals surface area contributed by atoms with Crippen molar-refractivity contribution in [2.75, 3.05) is 26.4 Å². The van der Waals surface area contributed by atoms with Crippen LogP contribution in [0.25, 0.3) is 0 Å². The minimum atomic E-state index is -0.120. The Morgan fingerprint density at radius 1 is 0.696 bits per heavy atom. The first kappa shape index (κ1) is 20.9. The van der Waals surface area contributed by atoms with Crippen molar-refractivity contribution in [3.8, 4) is 0 Å². The van der Waals surface area contributed by atoms with Crippen molar-refractivity contribution in [3.05, 3.63) is 0 Å². The molecular formula is C20H40O3. The van der Waals surface area contributed by atoms with Crippen LogP contribution in [-0.2, 0) is 14.2 Å². The highest BCUT2D eigenvalue weighted by molar-refractivity contribution is 4.51. The monoisotopic (exact) mass is 328 g/mol. The van der Waals surface area contributed by atoms with Gasteiger partial charge in [0.25, 0.3) is 0 Å². The first-order chi connectivity index (χ1) is 11.4. The van der Waals surface area contributed by atoms with E-state index in [4.69, 9.17) is 14.2 Å². The molecule has 0 amide bonds. The highest BCUT2D eigenvalue weighted by atomic mass is 16.7. The van der Waals surface area contributed by atoms with E-state index in [9.17, 15) is 0 Å². The first-order valence-electron chi connectivity index (χ1n) is 10.2. The molecule has 0 radical (unpaired) electrons. The van der Waals surface area contributed by atoms with Crippen molar-refractivity contribution in [1.82, 2.24) is 0 Å². The number of ether oxygens (including phenoxy) is 3. The molecular weight excluding hydrogens is 288 g/mol. The molecule has 0 aromatic carbocycles. The van der Waals surface area contributed by atoms with Crippen LogP contribution in [-0.4, -0.2) is 32.7 Å². The fraction of sp³-hybridized carbons (Fsp3) is 1.00. The third-order valence-electron chi connectivity index (χ3n) is 4.59. The summed E-state index contributed by atoms with van der Waals surface area (Å²) in [6, 6.07) is 0. The number of rotatable bonds is 16. The summed E-state index contributed by atoms with van der Waals surface area (Å²) < 4.78 is 16.4. The molecule has 1 aliphatic heterocycles. The standard InChI is InChI=1S/C20H40O3/c1-2-3-4-5-6-7-8-9-10-11-12-13-14-15-16-22-20-19-21-17-18-23-20/h20H,2-19H2,1H3. The van der Waals surface area contributed by atoms with E-state index in [1.54, 1.807) is 0 Å². The van der Waals surface area contributed by atoms with E-state index in [0.29, 0.717) is 19.8 Å². The van der Waals surface area contributed by atoms with Gasteiger partial charge in [-0.15, -0.1) is 0 Å². The fourth-order valence-electron chi connectivity index (χ4n) is 3.07. The summed E-state index contributed by atoms with van der Waals surface area (Å²) in [6.07, 6.45) is 19.4. The summed E-state index contributed by atoms with van der Waals surface area (Å²) in [5.74, 6) is 0. The van der Waals surface area contributed by atoms with E-state index < -0.39 is 0 Å². The topological polar surface area (TPSA) is 27.7 Å². The Morgan fingerprint density at radius 3 is 1.70 bits per heavy atom. The van der Waals surface area contributed by atoms with Gasteiger partial charge in [-0.2, -0.15) is 0 Å². The molecule has 0 aliphatic carbocycles. The molecule has 3 heteroatoms. The lowest BCUT2D eigenvalue weighted by Gasteiger charge is -2.22. The largest absolute Gasteiger partial charge is 0.374 e. The summed E-state index contributed by atoms with van der Waals surface area (Å²) in [5.41, 5.74) is 0. The molecule has 0 bridgehead atoms. The van der Waals surface area contributed by atoms with Crippen LogP contribution in [0, 0.1) is 0 Å². The third-order valence-corrected chi connectivity index (χ3v) is 4.59. The van der Waals surface area contributed by atoms with E-state index in [0.717, 1.165) is 13.0 Å². The molecule has 0 aromatic heterocycles. The van der Waals surface area contributed by atoms with E-state index in [1.165, 1.54) is 83.5 Å². The summed E-state index contributed by atoms with van der Waals surface area (Å²) in [5, 5.41) is 0.